The standard InChI is InChI=1S/C20H18Cl3NO.ClH/c21-17-4-1-14(2-5-17)15-7-9-24(10-8-15)13-19(25)11-16-3-6-18(22)12-20(16)23;/h1-7,12H,8-11,13H2;1H. The molecule has 1 heterocycles. The van der Waals surface area contributed by atoms with Gasteiger partial charge in [-0.2, -0.15) is 0 Å². The lowest BCUT2D eigenvalue weighted by atomic mass is 9.99. The van der Waals surface area contributed by atoms with Gasteiger partial charge in [-0.3, -0.25) is 9.69 Å². The maximum atomic E-state index is 12.3. The quantitative estimate of drug-likeness (QED) is 0.582. The molecule has 0 amide bonds. The zero-order chi connectivity index (χ0) is 17.8. The van der Waals surface area contributed by atoms with Crippen molar-refractivity contribution in [2.75, 3.05) is 19.6 Å². The van der Waals surface area contributed by atoms with Crippen LogP contribution in [-0.2, 0) is 11.2 Å². The predicted molar refractivity (Wildman–Crippen MR) is 113 cm³/mol. The minimum atomic E-state index is 0. The molecule has 0 radical (unpaired) electrons. The van der Waals surface area contributed by atoms with Crippen molar-refractivity contribution in [1.29, 1.82) is 0 Å². The van der Waals surface area contributed by atoms with Crippen LogP contribution in [-0.4, -0.2) is 30.3 Å². The molecule has 2 aromatic rings. The normalized spacial score (nSPS) is 14.5. The summed E-state index contributed by atoms with van der Waals surface area (Å²) in [7, 11) is 0. The SMILES string of the molecule is Cl.O=C(Cc1ccc(Cl)cc1Cl)CN1CC=C(c2ccc(Cl)cc2)CC1. The van der Waals surface area contributed by atoms with Crippen molar-refractivity contribution >= 4 is 58.6 Å². The Kier molecular flexibility index (Phi) is 8.00. The third kappa shape index (κ3) is 5.73. The van der Waals surface area contributed by atoms with Crippen LogP contribution in [0.2, 0.25) is 15.1 Å². The van der Waals surface area contributed by atoms with Crippen molar-refractivity contribution in [3.8, 4) is 0 Å². The van der Waals surface area contributed by atoms with Crippen LogP contribution in [0.4, 0.5) is 0 Å². The number of halogens is 4. The fourth-order valence-corrected chi connectivity index (χ4v) is 3.57. The third-order valence-corrected chi connectivity index (χ3v) is 5.15. The lowest BCUT2D eigenvalue weighted by molar-refractivity contribution is -0.119. The number of ketones is 1. The van der Waals surface area contributed by atoms with E-state index < -0.39 is 0 Å². The van der Waals surface area contributed by atoms with Crippen LogP contribution < -0.4 is 0 Å². The van der Waals surface area contributed by atoms with Crippen LogP contribution in [0.3, 0.4) is 0 Å². The number of benzene rings is 2. The van der Waals surface area contributed by atoms with E-state index in [0.717, 1.165) is 30.1 Å². The number of carbonyl (C=O) groups is 1. The first-order valence-electron chi connectivity index (χ1n) is 8.14. The van der Waals surface area contributed by atoms with Crippen molar-refractivity contribution in [3.63, 3.8) is 0 Å². The van der Waals surface area contributed by atoms with E-state index in [0.29, 0.717) is 23.0 Å². The number of nitrogens with zero attached hydrogens (tertiary/aromatic N) is 1. The summed E-state index contributed by atoms with van der Waals surface area (Å²) in [5.74, 6) is 0.160. The van der Waals surface area contributed by atoms with Gasteiger partial charge in [0.05, 0.1) is 6.54 Å². The van der Waals surface area contributed by atoms with Gasteiger partial charge in [-0.15, -0.1) is 12.4 Å². The summed E-state index contributed by atoms with van der Waals surface area (Å²) in [6.07, 6.45) is 3.45. The Labute approximate surface area is 175 Å². The average molecular weight is 431 g/mol. The Bertz CT molecular complexity index is 802. The Hall–Kier alpha value is -1.03. The van der Waals surface area contributed by atoms with Crippen molar-refractivity contribution in [1.82, 2.24) is 4.90 Å². The lowest BCUT2D eigenvalue weighted by Gasteiger charge is -2.26. The Balaban J connectivity index is 0.00000243. The highest BCUT2D eigenvalue weighted by molar-refractivity contribution is 6.35. The second kappa shape index (κ2) is 9.77. The molecule has 138 valence electrons. The summed E-state index contributed by atoms with van der Waals surface area (Å²) < 4.78 is 0. The first-order valence-corrected chi connectivity index (χ1v) is 9.27. The van der Waals surface area contributed by atoms with Crippen molar-refractivity contribution < 1.29 is 4.79 Å². The topological polar surface area (TPSA) is 20.3 Å². The molecule has 0 N–H and O–H groups in total. The molecule has 0 saturated carbocycles. The molecular weight excluding hydrogens is 412 g/mol. The smallest absolute Gasteiger partial charge is 0.151 e. The van der Waals surface area contributed by atoms with Crippen LogP contribution >= 0.6 is 47.2 Å². The Morgan fingerprint density at radius 1 is 1.00 bits per heavy atom. The van der Waals surface area contributed by atoms with Crippen LogP contribution in [0.5, 0.6) is 0 Å². The fourth-order valence-electron chi connectivity index (χ4n) is 2.96. The first-order chi connectivity index (χ1) is 12.0. The number of rotatable bonds is 5. The van der Waals surface area contributed by atoms with Gasteiger partial charge in [0, 0.05) is 34.6 Å². The van der Waals surface area contributed by atoms with Gasteiger partial charge >= 0.3 is 0 Å². The number of carbonyl (C=O) groups excluding carboxylic acids is 1. The molecular formula is C20H19Cl4NO. The summed E-state index contributed by atoms with van der Waals surface area (Å²) in [6, 6.07) is 13.1. The zero-order valence-electron chi connectivity index (χ0n) is 14.1. The van der Waals surface area contributed by atoms with Gasteiger partial charge in [-0.25, -0.2) is 0 Å². The molecule has 1 aliphatic rings. The third-order valence-electron chi connectivity index (χ3n) is 4.31. The zero-order valence-corrected chi connectivity index (χ0v) is 17.1. The molecule has 0 unspecified atom stereocenters. The molecule has 0 aromatic heterocycles. The van der Waals surface area contributed by atoms with E-state index in [1.165, 1.54) is 11.1 Å². The molecule has 6 heteroatoms. The van der Waals surface area contributed by atoms with Crippen LogP contribution in [0.1, 0.15) is 17.5 Å². The monoisotopic (exact) mass is 429 g/mol. The van der Waals surface area contributed by atoms with Crippen LogP contribution in [0.25, 0.3) is 5.57 Å². The number of hydrogen-bond acceptors (Lipinski definition) is 2. The molecule has 0 saturated heterocycles. The van der Waals surface area contributed by atoms with Gasteiger partial charge in [-0.1, -0.05) is 59.1 Å². The van der Waals surface area contributed by atoms with Gasteiger partial charge in [0.15, 0.2) is 5.78 Å². The Morgan fingerprint density at radius 2 is 1.69 bits per heavy atom. The van der Waals surface area contributed by atoms with Crippen molar-refractivity contribution in [2.24, 2.45) is 0 Å². The van der Waals surface area contributed by atoms with E-state index in [1.54, 1.807) is 12.1 Å². The van der Waals surface area contributed by atoms with Crippen LogP contribution in [0, 0.1) is 0 Å². The summed E-state index contributed by atoms with van der Waals surface area (Å²) in [5.41, 5.74) is 3.33. The molecule has 2 nitrogen and oxygen atoms in total. The number of hydrogen-bond donors (Lipinski definition) is 0. The molecule has 3 rings (SSSR count). The maximum Gasteiger partial charge on any atom is 0.151 e. The van der Waals surface area contributed by atoms with Gasteiger partial charge in [0.25, 0.3) is 0 Å². The van der Waals surface area contributed by atoms with Crippen LogP contribution in [0.15, 0.2) is 48.5 Å². The summed E-state index contributed by atoms with van der Waals surface area (Å²) in [6.45, 7) is 2.08. The summed E-state index contributed by atoms with van der Waals surface area (Å²) in [5, 5.41) is 1.87. The van der Waals surface area contributed by atoms with Crippen molar-refractivity contribution in [3.05, 3.63) is 74.7 Å². The number of Topliss-reactive ketones (excluding diaryl/α,β-unsaturated/α-hetero) is 1. The van der Waals surface area contributed by atoms with E-state index in [9.17, 15) is 4.79 Å². The predicted octanol–water partition coefficient (Wildman–Crippen LogP) is 5.97. The van der Waals surface area contributed by atoms with Crippen molar-refractivity contribution in [2.45, 2.75) is 12.8 Å². The Morgan fingerprint density at radius 3 is 2.31 bits per heavy atom. The molecule has 0 fully saturated rings. The summed E-state index contributed by atoms with van der Waals surface area (Å²) >= 11 is 18.0. The summed E-state index contributed by atoms with van der Waals surface area (Å²) in [4.78, 5) is 14.5. The van der Waals surface area contributed by atoms with Gasteiger partial charge in [-0.05, 0) is 47.4 Å². The van der Waals surface area contributed by atoms with Gasteiger partial charge < -0.3 is 0 Å². The second-order valence-corrected chi connectivity index (χ2v) is 7.45. The molecule has 0 aliphatic carbocycles. The van der Waals surface area contributed by atoms with E-state index in [4.69, 9.17) is 34.8 Å². The molecule has 0 bridgehead atoms. The highest BCUT2D eigenvalue weighted by Crippen LogP contribution is 2.24. The molecule has 0 atom stereocenters. The highest BCUT2D eigenvalue weighted by atomic mass is 35.5. The average Bonchev–Trinajstić information content (AvgIpc) is 2.59. The second-order valence-electron chi connectivity index (χ2n) is 6.17. The van der Waals surface area contributed by atoms with E-state index >= 15 is 0 Å². The van der Waals surface area contributed by atoms with E-state index in [-0.39, 0.29) is 18.2 Å². The highest BCUT2D eigenvalue weighted by Gasteiger charge is 2.16. The lowest BCUT2D eigenvalue weighted by Crippen LogP contribution is -2.34. The minimum Gasteiger partial charge on any atom is -0.298 e. The fraction of sp³-hybridized carbons (Fsp3) is 0.250. The van der Waals surface area contributed by atoms with E-state index in [2.05, 4.69) is 11.0 Å². The minimum absolute atomic E-state index is 0. The molecule has 1 aliphatic heterocycles. The van der Waals surface area contributed by atoms with Gasteiger partial charge in [0.2, 0.25) is 0 Å². The van der Waals surface area contributed by atoms with E-state index in [1.807, 2.05) is 30.3 Å². The molecule has 2 aromatic carbocycles. The van der Waals surface area contributed by atoms with Gasteiger partial charge in [0.1, 0.15) is 0 Å². The molecule has 26 heavy (non-hydrogen) atoms. The first kappa shape index (κ1) is 21.3. The molecule has 0 spiro atoms. The maximum absolute atomic E-state index is 12.3. The largest absolute Gasteiger partial charge is 0.298 e.